The molecule has 0 bridgehead atoms. The van der Waals surface area contributed by atoms with Crippen LogP contribution >= 0.6 is 11.6 Å². The van der Waals surface area contributed by atoms with E-state index in [1.165, 1.54) is 0 Å². The maximum absolute atomic E-state index is 6.19. The highest BCUT2D eigenvalue weighted by atomic mass is 35.5. The lowest BCUT2D eigenvalue weighted by Crippen LogP contribution is -2.11. The summed E-state index contributed by atoms with van der Waals surface area (Å²) in [5, 5.41) is 1.73. The Kier molecular flexibility index (Phi) is 3.50. The van der Waals surface area contributed by atoms with E-state index in [1.54, 1.807) is 0 Å². The lowest BCUT2D eigenvalue weighted by atomic mass is 10.1. The summed E-state index contributed by atoms with van der Waals surface area (Å²) in [5.74, 6) is 6.21. The van der Waals surface area contributed by atoms with E-state index in [2.05, 4.69) is 29.5 Å². The van der Waals surface area contributed by atoms with Crippen LogP contribution in [-0.2, 0) is 6.42 Å². The number of nitrogens with two attached hydrogens (primary N) is 1. The van der Waals surface area contributed by atoms with Crippen molar-refractivity contribution in [1.29, 1.82) is 0 Å². The normalized spacial score (nSPS) is 10.8. The Morgan fingerprint density at radius 2 is 2.12 bits per heavy atom. The molecule has 0 aliphatic heterocycles. The number of hydrogen-bond donors (Lipinski definition) is 2. The largest absolute Gasteiger partial charge is 0.308 e. The van der Waals surface area contributed by atoms with Crippen LogP contribution in [0, 0.1) is 6.92 Å². The fourth-order valence-corrected chi connectivity index (χ4v) is 2.34. The highest BCUT2D eigenvalue weighted by Crippen LogP contribution is 2.27. The summed E-state index contributed by atoms with van der Waals surface area (Å²) >= 11 is 6.19. The van der Waals surface area contributed by atoms with Gasteiger partial charge in [0.1, 0.15) is 5.82 Å². The van der Waals surface area contributed by atoms with Crippen LogP contribution in [0.2, 0.25) is 5.02 Å². The second kappa shape index (κ2) is 4.90. The topological polar surface area (TPSA) is 50.9 Å². The number of benzene rings is 1. The highest BCUT2D eigenvalue weighted by molar-refractivity contribution is 6.35. The number of hydrogen-bond acceptors (Lipinski definition) is 3. The lowest BCUT2D eigenvalue weighted by Gasteiger charge is -2.10. The van der Waals surface area contributed by atoms with Crippen molar-refractivity contribution in [2.75, 3.05) is 5.43 Å². The molecule has 0 atom stereocenters. The molecule has 2 aromatic rings. The Balaban J connectivity index is 2.69. The average Bonchev–Trinajstić information content (AvgIpc) is 2.28. The molecule has 0 aliphatic carbocycles. The van der Waals surface area contributed by atoms with Crippen molar-refractivity contribution in [2.24, 2.45) is 5.84 Å². The van der Waals surface area contributed by atoms with E-state index in [1.807, 2.05) is 13.0 Å². The molecular formula is C13H16ClN3. The Morgan fingerprint density at radius 1 is 1.35 bits per heavy atom. The molecule has 0 radical (unpaired) electrons. The van der Waals surface area contributed by atoms with Gasteiger partial charge in [-0.2, -0.15) is 0 Å². The quantitative estimate of drug-likeness (QED) is 0.647. The molecule has 1 aromatic heterocycles. The van der Waals surface area contributed by atoms with E-state index >= 15 is 0 Å². The Hall–Kier alpha value is -1.32. The predicted molar refractivity (Wildman–Crippen MR) is 73.3 cm³/mol. The van der Waals surface area contributed by atoms with E-state index < -0.39 is 0 Å². The van der Waals surface area contributed by atoms with Crippen molar-refractivity contribution in [3.05, 3.63) is 34.3 Å². The molecule has 0 fully saturated rings. The van der Waals surface area contributed by atoms with Crippen molar-refractivity contribution < 1.29 is 0 Å². The Morgan fingerprint density at radius 3 is 2.76 bits per heavy atom. The van der Waals surface area contributed by atoms with Gasteiger partial charge in [-0.25, -0.2) is 10.8 Å². The number of hydrazine groups is 1. The third-order valence-corrected chi connectivity index (χ3v) is 3.04. The fraction of sp³-hybridized carbons (Fsp3) is 0.308. The average molecular weight is 250 g/mol. The number of anilines is 1. The standard InChI is InChI=1S/C13H16ClN3/c1-3-4-9-7-10-5-8(2)6-11(14)12(10)16-13(9)17-15/h5-7H,3-4,15H2,1-2H3,(H,16,17). The number of aryl methyl sites for hydroxylation is 2. The number of fused-ring (bicyclic) bond motifs is 1. The van der Waals surface area contributed by atoms with Crippen LogP contribution in [-0.4, -0.2) is 4.98 Å². The zero-order chi connectivity index (χ0) is 12.4. The minimum atomic E-state index is 0.666. The summed E-state index contributed by atoms with van der Waals surface area (Å²) in [4.78, 5) is 4.48. The van der Waals surface area contributed by atoms with Crippen LogP contribution < -0.4 is 11.3 Å². The van der Waals surface area contributed by atoms with Gasteiger partial charge in [0, 0.05) is 5.39 Å². The molecule has 0 aliphatic rings. The zero-order valence-corrected chi connectivity index (χ0v) is 10.8. The lowest BCUT2D eigenvalue weighted by molar-refractivity contribution is 0.917. The van der Waals surface area contributed by atoms with Gasteiger partial charge in [0.15, 0.2) is 0 Å². The number of halogens is 1. The van der Waals surface area contributed by atoms with Gasteiger partial charge in [-0.3, -0.25) is 0 Å². The first-order chi connectivity index (χ1) is 8.15. The van der Waals surface area contributed by atoms with Crippen molar-refractivity contribution in [1.82, 2.24) is 4.98 Å². The fourth-order valence-electron chi connectivity index (χ4n) is 2.01. The summed E-state index contributed by atoms with van der Waals surface area (Å²) in [6, 6.07) is 6.12. The van der Waals surface area contributed by atoms with Crippen molar-refractivity contribution in [3.8, 4) is 0 Å². The summed E-state index contributed by atoms with van der Waals surface area (Å²) in [5.41, 5.74) is 5.71. The molecule has 3 N–H and O–H groups in total. The smallest absolute Gasteiger partial charge is 0.143 e. The van der Waals surface area contributed by atoms with Crippen LogP contribution in [0.15, 0.2) is 18.2 Å². The minimum absolute atomic E-state index is 0.666. The van der Waals surface area contributed by atoms with Gasteiger partial charge in [-0.15, -0.1) is 0 Å². The number of nitrogen functional groups attached to an aromatic ring is 1. The van der Waals surface area contributed by atoms with Crippen LogP contribution in [0.5, 0.6) is 0 Å². The molecule has 0 unspecified atom stereocenters. The van der Waals surface area contributed by atoms with Crippen molar-refractivity contribution in [3.63, 3.8) is 0 Å². The van der Waals surface area contributed by atoms with Crippen molar-refractivity contribution in [2.45, 2.75) is 26.7 Å². The minimum Gasteiger partial charge on any atom is -0.308 e. The highest BCUT2D eigenvalue weighted by Gasteiger charge is 2.08. The van der Waals surface area contributed by atoms with Crippen LogP contribution in [0.3, 0.4) is 0 Å². The summed E-state index contributed by atoms with van der Waals surface area (Å²) in [7, 11) is 0. The molecule has 17 heavy (non-hydrogen) atoms. The number of nitrogens with one attached hydrogen (secondary N) is 1. The van der Waals surface area contributed by atoms with Gasteiger partial charge >= 0.3 is 0 Å². The molecule has 0 saturated heterocycles. The molecule has 0 spiro atoms. The SMILES string of the molecule is CCCc1cc2cc(C)cc(Cl)c2nc1NN. The molecular weight excluding hydrogens is 234 g/mol. The van der Waals surface area contributed by atoms with Crippen LogP contribution in [0.1, 0.15) is 24.5 Å². The van der Waals surface area contributed by atoms with Gasteiger partial charge in [-0.05, 0) is 42.7 Å². The van der Waals surface area contributed by atoms with Gasteiger partial charge in [0.25, 0.3) is 0 Å². The molecule has 4 heteroatoms. The summed E-state index contributed by atoms with van der Waals surface area (Å²) in [6.45, 7) is 4.16. The molecule has 1 heterocycles. The monoisotopic (exact) mass is 249 g/mol. The van der Waals surface area contributed by atoms with Crippen LogP contribution in [0.25, 0.3) is 10.9 Å². The molecule has 2 rings (SSSR count). The van der Waals surface area contributed by atoms with Gasteiger partial charge in [0.05, 0.1) is 10.5 Å². The number of nitrogens with zero attached hydrogens (tertiary/aromatic N) is 1. The van der Waals surface area contributed by atoms with Gasteiger partial charge in [-0.1, -0.05) is 24.9 Å². The Bertz CT molecular complexity index is 552. The maximum Gasteiger partial charge on any atom is 0.143 e. The summed E-state index contributed by atoms with van der Waals surface area (Å²) in [6.07, 6.45) is 2.01. The van der Waals surface area contributed by atoms with Crippen LogP contribution in [0.4, 0.5) is 5.82 Å². The van der Waals surface area contributed by atoms with Gasteiger partial charge in [0.2, 0.25) is 0 Å². The molecule has 3 nitrogen and oxygen atoms in total. The maximum atomic E-state index is 6.19. The molecule has 1 aromatic carbocycles. The van der Waals surface area contributed by atoms with Gasteiger partial charge < -0.3 is 5.43 Å². The van der Waals surface area contributed by atoms with E-state index in [9.17, 15) is 0 Å². The third kappa shape index (κ3) is 2.35. The number of rotatable bonds is 3. The molecule has 90 valence electrons. The van der Waals surface area contributed by atoms with E-state index in [0.29, 0.717) is 10.8 Å². The third-order valence-electron chi connectivity index (χ3n) is 2.75. The first kappa shape index (κ1) is 12.1. The van der Waals surface area contributed by atoms with Crippen molar-refractivity contribution >= 4 is 28.3 Å². The van der Waals surface area contributed by atoms with E-state index in [0.717, 1.165) is 34.9 Å². The summed E-state index contributed by atoms with van der Waals surface area (Å²) < 4.78 is 0. The zero-order valence-electron chi connectivity index (χ0n) is 10.0. The predicted octanol–water partition coefficient (Wildman–Crippen LogP) is 3.43. The number of pyridine rings is 1. The van der Waals surface area contributed by atoms with E-state index in [-0.39, 0.29) is 0 Å². The second-order valence-electron chi connectivity index (χ2n) is 4.21. The first-order valence-electron chi connectivity index (χ1n) is 5.72. The second-order valence-corrected chi connectivity index (χ2v) is 4.62. The number of aromatic nitrogens is 1. The van der Waals surface area contributed by atoms with E-state index in [4.69, 9.17) is 17.4 Å². The molecule has 0 saturated carbocycles. The first-order valence-corrected chi connectivity index (χ1v) is 6.10. The molecule has 0 amide bonds. The Labute approximate surface area is 106 Å².